The van der Waals surface area contributed by atoms with E-state index in [-0.39, 0.29) is 11.7 Å². The number of benzene rings is 1. The molecular formula is C15H15FN2OS. The lowest BCUT2D eigenvalue weighted by Gasteiger charge is -2.29. The van der Waals surface area contributed by atoms with Crippen LogP contribution in [0.2, 0.25) is 0 Å². The minimum atomic E-state index is -0.323. The molecule has 1 aromatic heterocycles. The Hall–Kier alpha value is -1.75. The largest absolute Gasteiger partial charge is 0.305 e. The first-order valence-corrected chi connectivity index (χ1v) is 7.56. The summed E-state index contributed by atoms with van der Waals surface area (Å²) in [5.74, 6) is -0.468. The highest BCUT2D eigenvalue weighted by Crippen LogP contribution is 2.31. The van der Waals surface area contributed by atoms with E-state index >= 15 is 0 Å². The summed E-state index contributed by atoms with van der Waals surface area (Å²) < 4.78 is 14.1. The van der Waals surface area contributed by atoms with E-state index in [0.29, 0.717) is 17.1 Å². The minimum Gasteiger partial charge on any atom is -0.305 e. The maximum atomic E-state index is 14.1. The Morgan fingerprint density at radius 3 is 3.10 bits per heavy atom. The summed E-state index contributed by atoms with van der Waals surface area (Å²) in [5.41, 5.74) is 1.35. The van der Waals surface area contributed by atoms with Gasteiger partial charge in [0.1, 0.15) is 10.7 Å². The fourth-order valence-corrected chi connectivity index (χ4v) is 3.32. The molecule has 3 rings (SSSR count). The van der Waals surface area contributed by atoms with Crippen molar-refractivity contribution in [3.05, 3.63) is 45.7 Å². The Morgan fingerprint density at radius 2 is 2.35 bits per heavy atom. The van der Waals surface area contributed by atoms with Crippen molar-refractivity contribution in [2.45, 2.75) is 26.2 Å². The van der Waals surface area contributed by atoms with E-state index in [1.54, 1.807) is 17.2 Å². The lowest BCUT2D eigenvalue weighted by Crippen LogP contribution is -2.35. The number of thiazole rings is 1. The molecule has 2 heterocycles. The van der Waals surface area contributed by atoms with E-state index in [1.807, 2.05) is 13.0 Å². The Bertz CT molecular complexity index is 653. The minimum absolute atomic E-state index is 0.145. The molecule has 1 amide bonds. The second kappa shape index (κ2) is 5.32. The molecular weight excluding hydrogens is 275 g/mol. The van der Waals surface area contributed by atoms with Gasteiger partial charge in [0, 0.05) is 6.54 Å². The van der Waals surface area contributed by atoms with Gasteiger partial charge >= 0.3 is 0 Å². The van der Waals surface area contributed by atoms with Crippen molar-refractivity contribution in [3.8, 4) is 0 Å². The third kappa shape index (κ3) is 2.22. The number of halogens is 1. The zero-order chi connectivity index (χ0) is 14.1. The van der Waals surface area contributed by atoms with Crippen LogP contribution in [0.1, 0.15) is 33.6 Å². The Morgan fingerprint density at radius 1 is 1.50 bits per heavy atom. The van der Waals surface area contributed by atoms with Gasteiger partial charge in [-0.05, 0) is 30.9 Å². The predicted octanol–water partition coefficient (Wildman–Crippen LogP) is 3.44. The fraction of sp³-hybridized carbons (Fsp3) is 0.333. The number of carbonyl (C=O) groups is 1. The Kier molecular flexibility index (Phi) is 3.53. The summed E-state index contributed by atoms with van der Waals surface area (Å²) >= 11 is 1.39. The molecule has 0 saturated carbocycles. The summed E-state index contributed by atoms with van der Waals surface area (Å²) in [6.45, 7) is 2.56. The van der Waals surface area contributed by atoms with Crippen molar-refractivity contribution in [2.75, 3.05) is 11.4 Å². The molecule has 2 aromatic rings. The van der Waals surface area contributed by atoms with Crippen molar-refractivity contribution < 1.29 is 9.18 Å². The quantitative estimate of drug-likeness (QED) is 0.849. The summed E-state index contributed by atoms with van der Waals surface area (Å²) in [5, 5.41) is 0.930. The fourth-order valence-electron chi connectivity index (χ4n) is 2.51. The SMILES string of the molecule is CCc1ncc(C(=O)N2CCCc3cccc(F)c32)s1. The number of nitrogens with zero attached hydrogens (tertiary/aromatic N) is 2. The number of aryl methyl sites for hydroxylation is 2. The molecule has 0 fully saturated rings. The number of rotatable bonds is 2. The summed E-state index contributed by atoms with van der Waals surface area (Å²) in [6, 6.07) is 5.00. The molecule has 0 bridgehead atoms. The third-order valence-electron chi connectivity index (χ3n) is 3.48. The van der Waals surface area contributed by atoms with Gasteiger partial charge in [-0.1, -0.05) is 19.1 Å². The van der Waals surface area contributed by atoms with Gasteiger partial charge in [0.2, 0.25) is 0 Å². The van der Waals surface area contributed by atoms with Crippen molar-refractivity contribution in [3.63, 3.8) is 0 Å². The summed E-state index contributed by atoms with van der Waals surface area (Å²) in [6.07, 6.45) is 4.09. The maximum absolute atomic E-state index is 14.1. The van der Waals surface area contributed by atoms with Crippen LogP contribution in [0.15, 0.2) is 24.4 Å². The topological polar surface area (TPSA) is 33.2 Å². The molecule has 0 N–H and O–H groups in total. The monoisotopic (exact) mass is 290 g/mol. The zero-order valence-electron chi connectivity index (χ0n) is 11.2. The zero-order valence-corrected chi connectivity index (χ0v) is 12.0. The van der Waals surface area contributed by atoms with Crippen LogP contribution in [0.5, 0.6) is 0 Å². The Balaban J connectivity index is 1.98. The number of amides is 1. The van der Waals surface area contributed by atoms with Gasteiger partial charge in [-0.15, -0.1) is 11.3 Å². The first-order valence-electron chi connectivity index (χ1n) is 6.74. The smallest absolute Gasteiger partial charge is 0.270 e. The molecule has 5 heteroatoms. The number of anilines is 1. The van der Waals surface area contributed by atoms with Crippen LogP contribution < -0.4 is 4.90 Å². The first kappa shape index (κ1) is 13.2. The number of carbonyl (C=O) groups excluding carboxylic acids is 1. The number of aromatic nitrogens is 1. The van der Waals surface area contributed by atoms with Crippen LogP contribution in [0.4, 0.5) is 10.1 Å². The number of hydrogen-bond donors (Lipinski definition) is 0. The molecule has 20 heavy (non-hydrogen) atoms. The first-order chi connectivity index (χ1) is 9.70. The predicted molar refractivity (Wildman–Crippen MR) is 77.9 cm³/mol. The molecule has 0 aliphatic carbocycles. The molecule has 104 valence electrons. The molecule has 1 aliphatic heterocycles. The summed E-state index contributed by atoms with van der Waals surface area (Å²) in [7, 11) is 0. The second-order valence-electron chi connectivity index (χ2n) is 4.78. The van der Waals surface area contributed by atoms with E-state index in [4.69, 9.17) is 0 Å². The average molecular weight is 290 g/mol. The molecule has 0 atom stereocenters. The maximum Gasteiger partial charge on any atom is 0.270 e. The van der Waals surface area contributed by atoms with E-state index in [0.717, 1.165) is 29.8 Å². The van der Waals surface area contributed by atoms with E-state index < -0.39 is 0 Å². The van der Waals surface area contributed by atoms with Crippen LogP contribution in [-0.4, -0.2) is 17.4 Å². The second-order valence-corrected chi connectivity index (χ2v) is 5.89. The average Bonchev–Trinajstić information content (AvgIpc) is 2.95. The van der Waals surface area contributed by atoms with Gasteiger partial charge in [0.05, 0.1) is 16.9 Å². The highest BCUT2D eigenvalue weighted by atomic mass is 32.1. The van der Waals surface area contributed by atoms with E-state index in [1.165, 1.54) is 17.4 Å². The van der Waals surface area contributed by atoms with Gasteiger partial charge in [0.15, 0.2) is 0 Å². The molecule has 3 nitrogen and oxygen atoms in total. The Labute approximate surface area is 121 Å². The standard InChI is InChI=1S/C15H15FN2OS/c1-2-13-17-9-12(20-13)15(19)18-8-4-6-10-5-3-7-11(16)14(10)18/h3,5,7,9H,2,4,6,8H2,1H3. The third-order valence-corrected chi connectivity index (χ3v) is 4.61. The van der Waals surface area contributed by atoms with Gasteiger partial charge in [-0.3, -0.25) is 4.79 Å². The lowest BCUT2D eigenvalue weighted by molar-refractivity contribution is 0.0988. The van der Waals surface area contributed by atoms with Crippen LogP contribution in [0.25, 0.3) is 0 Å². The van der Waals surface area contributed by atoms with Gasteiger partial charge in [0.25, 0.3) is 5.91 Å². The highest BCUT2D eigenvalue weighted by Gasteiger charge is 2.27. The van der Waals surface area contributed by atoms with Crippen LogP contribution >= 0.6 is 11.3 Å². The number of hydrogen-bond acceptors (Lipinski definition) is 3. The molecule has 0 spiro atoms. The van der Waals surface area contributed by atoms with Crippen LogP contribution in [0, 0.1) is 5.82 Å². The normalized spacial score (nSPS) is 14.2. The number of para-hydroxylation sites is 1. The van der Waals surface area contributed by atoms with Gasteiger partial charge in [-0.2, -0.15) is 0 Å². The molecule has 1 aliphatic rings. The lowest BCUT2D eigenvalue weighted by atomic mass is 10.0. The van der Waals surface area contributed by atoms with Gasteiger partial charge < -0.3 is 4.90 Å². The number of fused-ring (bicyclic) bond motifs is 1. The molecule has 0 unspecified atom stereocenters. The van der Waals surface area contributed by atoms with Gasteiger partial charge in [-0.25, -0.2) is 9.37 Å². The molecule has 0 saturated heterocycles. The molecule has 1 aromatic carbocycles. The summed E-state index contributed by atoms with van der Waals surface area (Å²) in [4.78, 5) is 18.9. The van der Waals surface area contributed by atoms with Crippen molar-refractivity contribution in [1.82, 2.24) is 4.98 Å². The van der Waals surface area contributed by atoms with E-state index in [9.17, 15) is 9.18 Å². The van der Waals surface area contributed by atoms with Crippen molar-refractivity contribution >= 4 is 22.9 Å². The highest BCUT2D eigenvalue weighted by molar-refractivity contribution is 7.13. The van der Waals surface area contributed by atoms with Crippen molar-refractivity contribution in [1.29, 1.82) is 0 Å². The van der Waals surface area contributed by atoms with E-state index in [2.05, 4.69) is 4.98 Å². The van der Waals surface area contributed by atoms with Crippen molar-refractivity contribution in [2.24, 2.45) is 0 Å². The van der Waals surface area contributed by atoms with Crippen LogP contribution in [0.3, 0.4) is 0 Å². The van der Waals surface area contributed by atoms with Crippen LogP contribution in [-0.2, 0) is 12.8 Å². The molecule has 0 radical (unpaired) electrons.